The number of nitriles is 1. The molecular weight excluding hydrogens is 100 g/mol. The van der Waals surface area contributed by atoms with Crippen LogP contribution in [0.5, 0.6) is 0 Å². The van der Waals surface area contributed by atoms with Crippen molar-refractivity contribution in [3.05, 3.63) is 0 Å². The van der Waals surface area contributed by atoms with Crippen molar-refractivity contribution in [1.29, 1.82) is 5.26 Å². The van der Waals surface area contributed by atoms with E-state index in [1.807, 2.05) is 0 Å². The average Bonchev–Trinajstić information content (AvgIpc) is 2.45. The summed E-state index contributed by atoms with van der Waals surface area (Å²) in [5, 5.41) is 8.18. The Bertz CT molecular complexity index is 110. The zero-order valence-electron chi connectivity index (χ0n) is 4.80. The van der Waals surface area contributed by atoms with Crippen molar-refractivity contribution in [2.45, 2.75) is 25.3 Å². The fourth-order valence-corrected chi connectivity index (χ4v) is 0.796. The maximum absolute atomic E-state index is 8.18. The zero-order chi connectivity index (χ0) is 5.98. The molecule has 0 spiro atoms. The molecule has 44 valence electrons. The Kier molecular flexibility index (Phi) is 1.50. The second-order valence-corrected chi connectivity index (χ2v) is 2.36. The molecule has 1 rings (SSSR count). The summed E-state index contributed by atoms with van der Waals surface area (Å²) in [5.74, 6) is 0.676. The highest BCUT2D eigenvalue weighted by molar-refractivity contribution is 4.89. The third kappa shape index (κ3) is 1.21. The summed E-state index contributed by atoms with van der Waals surface area (Å²) in [5.41, 5.74) is 5.57. The van der Waals surface area contributed by atoms with Gasteiger partial charge in [-0.1, -0.05) is 0 Å². The molecule has 1 atom stereocenters. The van der Waals surface area contributed by atoms with Gasteiger partial charge in [-0.05, 0) is 18.8 Å². The number of hydrogen-bond acceptors (Lipinski definition) is 2. The molecule has 2 heteroatoms. The molecule has 0 saturated heterocycles. The van der Waals surface area contributed by atoms with Crippen LogP contribution in [0.15, 0.2) is 0 Å². The molecule has 0 bridgehead atoms. The zero-order valence-corrected chi connectivity index (χ0v) is 4.80. The molecule has 1 fully saturated rings. The van der Waals surface area contributed by atoms with E-state index in [0.717, 1.165) is 0 Å². The minimum Gasteiger partial charge on any atom is -0.327 e. The summed E-state index contributed by atoms with van der Waals surface area (Å²) in [6, 6.07) is 2.23. The van der Waals surface area contributed by atoms with Gasteiger partial charge in [-0.15, -0.1) is 0 Å². The predicted molar refractivity (Wildman–Crippen MR) is 30.9 cm³/mol. The van der Waals surface area contributed by atoms with Crippen LogP contribution in [0.4, 0.5) is 0 Å². The van der Waals surface area contributed by atoms with Crippen molar-refractivity contribution in [1.82, 2.24) is 0 Å². The first-order chi connectivity index (χ1) is 3.84. The van der Waals surface area contributed by atoms with Gasteiger partial charge in [0.2, 0.25) is 0 Å². The molecular formula is C6H10N2. The number of nitrogens with zero attached hydrogens (tertiary/aromatic N) is 1. The van der Waals surface area contributed by atoms with E-state index in [1.54, 1.807) is 0 Å². The van der Waals surface area contributed by atoms with E-state index in [1.165, 1.54) is 12.8 Å². The summed E-state index contributed by atoms with van der Waals surface area (Å²) < 4.78 is 0. The first-order valence-corrected chi connectivity index (χ1v) is 2.97. The van der Waals surface area contributed by atoms with Crippen molar-refractivity contribution in [3.8, 4) is 6.07 Å². The molecule has 8 heavy (non-hydrogen) atoms. The van der Waals surface area contributed by atoms with Crippen molar-refractivity contribution in [3.63, 3.8) is 0 Å². The maximum atomic E-state index is 8.18. The van der Waals surface area contributed by atoms with Crippen LogP contribution in [0.3, 0.4) is 0 Å². The van der Waals surface area contributed by atoms with Gasteiger partial charge in [0.15, 0.2) is 0 Å². The SMILES string of the molecule is N#CC[C@H](N)C1CC1. The summed E-state index contributed by atoms with van der Waals surface area (Å²) in [6.45, 7) is 0. The molecule has 0 aliphatic heterocycles. The molecule has 0 aromatic rings. The minimum atomic E-state index is 0.167. The van der Waals surface area contributed by atoms with E-state index in [4.69, 9.17) is 11.0 Å². The molecule has 0 heterocycles. The molecule has 2 nitrogen and oxygen atoms in total. The largest absolute Gasteiger partial charge is 0.327 e. The van der Waals surface area contributed by atoms with Crippen molar-refractivity contribution >= 4 is 0 Å². The van der Waals surface area contributed by atoms with Crippen LogP contribution in [0, 0.1) is 17.2 Å². The Morgan fingerprint density at radius 3 is 2.75 bits per heavy atom. The van der Waals surface area contributed by atoms with E-state index in [9.17, 15) is 0 Å². The third-order valence-corrected chi connectivity index (χ3v) is 1.55. The minimum absolute atomic E-state index is 0.167. The van der Waals surface area contributed by atoms with Gasteiger partial charge < -0.3 is 5.73 Å². The fourth-order valence-electron chi connectivity index (χ4n) is 0.796. The monoisotopic (exact) mass is 110 g/mol. The van der Waals surface area contributed by atoms with E-state index in [0.29, 0.717) is 12.3 Å². The van der Waals surface area contributed by atoms with Gasteiger partial charge in [-0.2, -0.15) is 5.26 Å². The lowest BCUT2D eigenvalue weighted by molar-refractivity contribution is 0.607. The van der Waals surface area contributed by atoms with E-state index < -0.39 is 0 Å². The van der Waals surface area contributed by atoms with Crippen LogP contribution >= 0.6 is 0 Å². The Morgan fingerprint density at radius 1 is 1.75 bits per heavy atom. The Labute approximate surface area is 49.3 Å². The molecule has 1 aliphatic rings. The topological polar surface area (TPSA) is 49.8 Å². The van der Waals surface area contributed by atoms with Gasteiger partial charge in [-0.3, -0.25) is 0 Å². The molecule has 1 saturated carbocycles. The highest BCUT2D eigenvalue weighted by Crippen LogP contribution is 2.32. The Hall–Kier alpha value is -0.550. The van der Waals surface area contributed by atoms with Crippen molar-refractivity contribution in [2.75, 3.05) is 0 Å². The normalized spacial score (nSPS) is 22.0. The quantitative estimate of drug-likeness (QED) is 0.567. The van der Waals surface area contributed by atoms with Crippen LogP contribution < -0.4 is 5.73 Å². The van der Waals surface area contributed by atoms with Crippen molar-refractivity contribution in [2.24, 2.45) is 11.7 Å². The van der Waals surface area contributed by atoms with Gasteiger partial charge in [-0.25, -0.2) is 0 Å². The van der Waals surface area contributed by atoms with Crippen LogP contribution in [-0.2, 0) is 0 Å². The average molecular weight is 110 g/mol. The number of nitrogens with two attached hydrogens (primary N) is 1. The first-order valence-electron chi connectivity index (χ1n) is 2.97. The van der Waals surface area contributed by atoms with E-state index >= 15 is 0 Å². The number of rotatable bonds is 2. The Balaban J connectivity index is 2.15. The summed E-state index contributed by atoms with van der Waals surface area (Å²) in [6.07, 6.45) is 3.01. The Morgan fingerprint density at radius 2 is 2.38 bits per heavy atom. The highest BCUT2D eigenvalue weighted by atomic mass is 14.7. The molecule has 0 unspecified atom stereocenters. The smallest absolute Gasteiger partial charge is 0.0638 e. The lowest BCUT2D eigenvalue weighted by atomic mass is 10.1. The molecule has 0 radical (unpaired) electrons. The lowest BCUT2D eigenvalue weighted by Gasteiger charge is -2.00. The van der Waals surface area contributed by atoms with Crippen molar-refractivity contribution < 1.29 is 0 Å². The molecule has 1 aliphatic carbocycles. The van der Waals surface area contributed by atoms with Crippen LogP contribution in [0.25, 0.3) is 0 Å². The molecule has 2 N–H and O–H groups in total. The predicted octanol–water partition coefficient (Wildman–Crippen LogP) is 0.637. The van der Waals surface area contributed by atoms with Crippen LogP contribution in [0.2, 0.25) is 0 Å². The maximum Gasteiger partial charge on any atom is 0.0638 e. The standard InChI is InChI=1S/C6H10N2/c7-4-3-6(8)5-1-2-5/h5-6H,1-3,8H2/t6-/m0/s1. The van der Waals surface area contributed by atoms with Crippen LogP contribution in [-0.4, -0.2) is 6.04 Å². The summed E-state index contributed by atoms with van der Waals surface area (Å²) in [7, 11) is 0. The molecule has 0 aromatic heterocycles. The lowest BCUT2D eigenvalue weighted by Crippen LogP contribution is -2.20. The second-order valence-electron chi connectivity index (χ2n) is 2.36. The van der Waals surface area contributed by atoms with Gasteiger partial charge in [0.25, 0.3) is 0 Å². The van der Waals surface area contributed by atoms with Gasteiger partial charge in [0.05, 0.1) is 12.5 Å². The van der Waals surface area contributed by atoms with Crippen LogP contribution in [0.1, 0.15) is 19.3 Å². The first kappa shape index (κ1) is 5.58. The summed E-state index contributed by atoms with van der Waals surface area (Å²) in [4.78, 5) is 0. The fraction of sp³-hybridized carbons (Fsp3) is 0.833. The summed E-state index contributed by atoms with van der Waals surface area (Å²) >= 11 is 0. The third-order valence-electron chi connectivity index (χ3n) is 1.55. The van der Waals surface area contributed by atoms with Gasteiger partial charge in [0.1, 0.15) is 0 Å². The van der Waals surface area contributed by atoms with Gasteiger partial charge in [0, 0.05) is 6.04 Å². The van der Waals surface area contributed by atoms with Gasteiger partial charge >= 0.3 is 0 Å². The van der Waals surface area contributed by atoms with E-state index in [-0.39, 0.29) is 6.04 Å². The molecule has 0 amide bonds. The second kappa shape index (κ2) is 2.15. The number of hydrogen-bond donors (Lipinski definition) is 1. The van der Waals surface area contributed by atoms with E-state index in [2.05, 4.69) is 6.07 Å². The highest BCUT2D eigenvalue weighted by Gasteiger charge is 2.27. The molecule has 0 aromatic carbocycles.